The zero-order valence-corrected chi connectivity index (χ0v) is 34.5. The van der Waals surface area contributed by atoms with Crippen molar-refractivity contribution in [3.05, 3.63) is 206 Å². The standard InChI is InChI=1S/C56H34N4O2S/c1-4-15-35(16-5-1)45-33-46(58-55(57-45)36-17-6-2-7-18-36)39-27-29-40(38-28-30-51-52(32-38)62-50-25-12-11-24-49(50)61-51)44(31-39)48-34-47(59-56(60-48)37-19-8-3-9-20-37)43-23-14-22-42-41-21-10-13-26-53(41)63-54(42)43/h1-34H. The first-order valence-corrected chi connectivity index (χ1v) is 21.6. The summed E-state index contributed by atoms with van der Waals surface area (Å²) in [6.45, 7) is 0. The molecule has 0 spiro atoms. The molecule has 296 valence electrons. The van der Waals surface area contributed by atoms with E-state index in [1.54, 1.807) is 11.3 Å². The molecule has 6 nitrogen and oxygen atoms in total. The summed E-state index contributed by atoms with van der Waals surface area (Å²) in [6, 6.07) is 70.2. The van der Waals surface area contributed by atoms with Crippen LogP contribution in [0.5, 0.6) is 23.0 Å². The molecule has 0 N–H and O–H groups in total. The summed E-state index contributed by atoms with van der Waals surface area (Å²) < 4.78 is 15.2. The third-order valence-corrected chi connectivity index (χ3v) is 12.6. The van der Waals surface area contributed by atoms with Crippen molar-refractivity contribution in [3.8, 4) is 102 Å². The van der Waals surface area contributed by atoms with Crippen molar-refractivity contribution in [2.24, 2.45) is 0 Å². The van der Waals surface area contributed by atoms with Crippen molar-refractivity contribution in [3.63, 3.8) is 0 Å². The van der Waals surface area contributed by atoms with Gasteiger partial charge in [-0.15, -0.1) is 11.3 Å². The number of nitrogens with zero attached hydrogens (tertiary/aromatic N) is 4. The summed E-state index contributed by atoms with van der Waals surface area (Å²) in [5, 5.41) is 2.45. The molecular formula is C56H34N4O2S. The van der Waals surface area contributed by atoms with Gasteiger partial charge in [-0.2, -0.15) is 0 Å². The monoisotopic (exact) mass is 826 g/mol. The summed E-state index contributed by atoms with van der Waals surface area (Å²) in [5.41, 5.74) is 10.9. The van der Waals surface area contributed by atoms with Crippen LogP contribution in [-0.4, -0.2) is 19.9 Å². The highest BCUT2D eigenvalue weighted by atomic mass is 32.1. The molecule has 7 heteroatoms. The topological polar surface area (TPSA) is 70.0 Å². The molecule has 11 aromatic rings. The lowest BCUT2D eigenvalue weighted by atomic mass is 9.93. The molecular weight excluding hydrogens is 793 g/mol. The molecule has 1 aliphatic rings. The fourth-order valence-corrected chi connectivity index (χ4v) is 9.54. The Morgan fingerprint density at radius 1 is 0.302 bits per heavy atom. The van der Waals surface area contributed by atoms with Gasteiger partial charge in [0.25, 0.3) is 0 Å². The highest BCUT2D eigenvalue weighted by Crippen LogP contribution is 2.48. The molecule has 12 rings (SSSR count). The molecule has 8 aromatic carbocycles. The SMILES string of the molecule is c1ccc(-c2cc(-c3ccc(-c4ccc5c(c4)Oc4ccccc4O5)c(-c4cc(-c5cccc6c5sc5ccccc56)nc(-c5ccccc5)n4)c3)nc(-c3ccccc3)n2)cc1. The minimum Gasteiger partial charge on any atom is -0.450 e. The van der Waals surface area contributed by atoms with Crippen LogP contribution in [-0.2, 0) is 0 Å². The van der Waals surface area contributed by atoms with Crippen molar-refractivity contribution in [1.29, 1.82) is 0 Å². The fourth-order valence-electron chi connectivity index (χ4n) is 8.32. The Balaban J connectivity index is 1.10. The van der Waals surface area contributed by atoms with Crippen LogP contribution in [0.1, 0.15) is 0 Å². The number of aromatic nitrogens is 4. The molecule has 3 aromatic heterocycles. The smallest absolute Gasteiger partial charge is 0.170 e. The van der Waals surface area contributed by atoms with Crippen LogP contribution in [0.2, 0.25) is 0 Å². The first-order chi connectivity index (χ1) is 31.2. The van der Waals surface area contributed by atoms with Crippen LogP contribution in [0.3, 0.4) is 0 Å². The second-order valence-corrected chi connectivity index (χ2v) is 16.4. The summed E-state index contributed by atoms with van der Waals surface area (Å²) in [6.07, 6.45) is 0. The summed E-state index contributed by atoms with van der Waals surface area (Å²) in [4.78, 5) is 21.0. The van der Waals surface area contributed by atoms with Gasteiger partial charge < -0.3 is 9.47 Å². The van der Waals surface area contributed by atoms with E-state index in [2.05, 4.69) is 103 Å². The van der Waals surface area contributed by atoms with Crippen LogP contribution in [0.15, 0.2) is 206 Å². The fraction of sp³-hybridized carbons (Fsp3) is 0. The number of benzene rings is 8. The number of para-hydroxylation sites is 2. The normalized spacial score (nSPS) is 11.7. The van der Waals surface area contributed by atoms with Crippen LogP contribution >= 0.6 is 11.3 Å². The van der Waals surface area contributed by atoms with Crippen molar-refractivity contribution < 1.29 is 9.47 Å². The first kappa shape index (κ1) is 36.6. The first-order valence-electron chi connectivity index (χ1n) is 20.8. The summed E-state index contributed by atoms with van der Waals surface area (Å²) in [7, 11) is 0. The zero-order chi connectivity index (χ0) is 41.7. The molecule has 63 heavy (non-hydrogen) atoms. The van der Waals surface area contributed by atoms with E-state index >= 15 is 0 Å². The van der Waals surface area contributed by atoms with Gasteiger partial charge in [0, 0.05) is 53.6 Å². The Hall–Kier alpha value is -8.26. The predicted molar refractivity (Wildman–Crippen MR) is 255 cm³/mol. The van der Waals surface area contributed by atoms with E-state index < -0.39 is 0 Å². The largest absolute Gasteiger partial charge is 0.450 e. The van der Waals surface area contributed by atoms with Gasteiger partial charge in [0.05, 0.1) is 22.8 Å². The highest BCUT2D eigenvalue weighted by Gasteiger charge is 2.23. The van der Waals surface area contributed by atoms with Crippen LogP contribution < -0.4 is 9.47 Å². The van der Waals surface area contributed by atoms with Crippen molar-refractivity contribution in [2.45, 2.75) is 0 Å². The van der Waals surface area contributed by atoms with Crippen molar-refractivity contribution in [2.75, 3.05) is 0 Å². The van der Waals surface area contributed by atoms with E-state index in [4.69, 9.17) is 29.4 Å². The molecule has 0 radical (unpaired) electrons. The Bertz CT molecular complexity index is 3460. The number of hydrogen-bond donors (Lipinski definition) is 0. The number of ether oxygens (including phenoxy) is 2. The van der Waals surface area contributed by atoms with Gasteiger partial charge in [-0.1, -0.05) is 158 Å². The van der Waals surface area contributed by atoms with Crippen molar-refractivity contribution in [1.82, 2.24) is 19.9 Å². The maximum atomic E-state index is 6.44. The molecule has 0 fully saturated rings. The third kappa shape index (κ3) is 6.77. The molecule has 1 aliphatic heterocycles. The van der Waals surface area contributed by atoms with E-state index in [1.165, 1.54) is 20.2 Å². The third-order valence-electron chi connectivity index (χ3n) is 11.4. The predicted octanol–water partition coefficient (Wildman–Crippen LogP) is 15.2. The minimum atomic E-state index is 0.635. The van der Waals surface area contributed by atoms with Gasteiger partial charge in [0.1, 0.15) is 0 Å². The maximum Gasteiger partial charge on any atom is 0.170 e. The molecule has 0 aliphatic carbocycles. The maximum absolute atomic E-state index is 6.44. The van der Waals surface area contributed by atoms with E-state index in [-0.39, 0.29) is 0 Å². The summed E-state index contributed by atoms with van der Waals surface area (Å²) >= 11 is 1.79. The van der Waals surface area contributed by atoms with Crippen LogP contribution in [0.25, 0.3) is 99.1 Å². The average molecular weight is 827 g/mol. The van der Waals surface area contributed by atoms with Gasteiger partial charge in [-0.3, -0.25) is 0 Å². The lowest BCUT2D eigenvalue weighted by Gasteiger charge is -2.21. The lowest BCUT2D eigenvalue weighted by molar-refractivity contribution is 0.360. The molecule has 0 bridgehead atoms. The number of fused-ring (bicyclic) bond motifs is 5. The van der Waals surface area contributed by atoms with Crippen molar-refractivity contribution >= 4 is 31.5 Å². The molecule has 0 saturated carbocycles. The second kappa shape index (κ2) is 15.3. The number of rotatable bonds is 7. The van der Waals surface area contributed by atoms with Gasteiger partial charge >= 0.3 is 0 Å². The Kier molecular flexibility index (Phi) is 8.90. The molecule has 0 saturated heterocycles. The van der Waals surface area contributed by atoms with E-state index in [0.717, 1.165) is 67.3 Å². The number of hydrogen-bond acceptors (Lipinski definition) is 7. The zero-order valence-electron chi connectivity index (χ0n) is 33.6. The number of thiophene rings is 1. The molecule has 0 amide bonds. The van der Waals surface area contributed by atoms with Gasteiger partial charge in [0.2, 0.25) is 0 Å². The van der Waals surface area contributed by atoms with Gasteiger partial charge in [0.15, 0.2) is 34.6 Å². The lowest BCUT2D eigenvalue weighted by Crippen LogP contribution is -2.00. The van der Waals surface area contributed by atoms with Gasteiger partial charge in [-0.05, 0) is 59.7 Å². The van der Waals surface area contributed by atoms with E-state index in [1.807, 2.05) is 103 Å². The van der Waals surface area contributed by atoms with Crippen LogP contribution in [0, 0.1) is 0 Å². The molecule has 0 atom stereocenters. The van der Waals surface area contributed by atoms with E-state index in [9.17, 15) is 0 Å². The molecule has 4 heterocycles. The average Bonchev–Trinajstić information content (AvgIpc) is 3.75. The highest BCUT2D eigenvalue weighted by molar-refractivity contribution is 7.26. The second-order valence-electron chi connectivity index (χ2n) is 15.4. The van der Waals surface area contributed by atoms with Crippen LogP contribution in [0.4, 0.5) is 0 Å². The van der Waals surface area contributed by atoms with Gasteiger partial charge in [-0.25, -0.2) is 19.9 Å². The van der Waals surface area contributed by atoms with E-state index in [0.29, 0.717) is 34.6 Å². The quantitative estimate of drug-likeness (QED) is 0.159. The molecule has 0 unspecified atom stereocenters. The summed E-state index contributed by atoms with van der Waals surface area (Å²) in [5.74, 6) is 3.95. The Morgan fingerprint density at radius 2 is 0.825 bits per heavy atom. The Morgan fingerprint density at radius 3 is 1.54 bits per heavy atom. The Labute approximate surface area is 367 Å². The minimum absolute atomic E-state index is 0.635.